The van der Waals surface area contributed by atoms with Crippen molar-refractivity contribution in [3.63, 3.8) is 0 Å². The highest BCUT2D eigenvalue weighted by Crippen LogP contribution is 2.23. The molecule has 3 rings (SSSR count). The van der Waals surface area contributed by atoms with Crippen LogP contribution in [0.2, 0.25) is 0 Å². The summed E-state index contributed by atoms with van der Waals surface area (Å²) >= 11 is 1.54. The van der Waals surface area contributed by atoms with Crippen molar-refractivity contribution in [2.45, 2.75) is 13.5 Å². The van der Waals surface area contributed by atoms with Gasteiger partial charge in [-0.3, -0.25) is 4.79 Å². The molecule has 1 N–H and O–H groups in total. The van der Waals surface area contributed by atoms with Crippen molar-refractivity contribution in [3.8, 4) is 16.5 Å². The second-order valence-corrected chi connectivity index (χ2v) is 5.42. The first kappa shape index (κ1) is 14.3. The molecule has 0 aliphatic heterocycles. The Balaban J connectivity index is 1.59. The Kier molecular flexibility index (Phi) is 4.15. The predicted octanol–water partition coefficient (Wildman–Crippen LogP) is 3.34. The molecule has 0 bridgehead atoms. The van der Waals surface area contributed by atoms with Crippen molar-refractivity contribution in [3.05, 3.63) is 47.7 Å². The maximum Gasteiger partial charge on any atom is 0.257 e. The van der Waals surface area contributed by atoms with Gasteiger partial charge in [0, 0.05) is 12.6 Å². The van der Waals surface area contributed by atoms with Crippen LogP contribution >= 0.6 is 11.3 Å². The van der Waals surface area contributed by atoms with Crippen molar-refractivity contribution in [1.82, 2.24) is 10.2 Å². The highest BCUT2D eigenvalue weighted by atomic mass is 32.1. The molecule has 0 aliphatic carbocycles. The normalized spacial score (nSPS) is 10.4. The average Bonchev–Trinajstić information content (AvgIpc) is 3.17. The van der Waals surface area contributed by atoms with Crippen LogP contribution in [-0.2, 0) is 11.4 Å². The highest BCUT2D eigenvalue weighted by Gasteiger charge is 2.09. The van der Waals surface area contributed by atoms with E-state index >= 15 is 0 Å². The molecular weight excluding hydrogens is 302 g/mol. The van der Waals surface area contributed by atoms with Gasteiger partial charge in [-0.15, -0.1) is 21.5 Å². The van der Waals surface area contributed by atoms with E-state index < -0.39 is 0 Å². The topological polar surface area (TPSA) is 77.2 Å². The Morgan fingerprint density at radius 3 is 2.77 bits per heavy atom. The first-order valence-electron chi connectivity index (χ1n) is 6.57. The zero-order valence-corrected chi connectivity index (χ0v) is 12.6. The van der Waals surface area contributed by atoms with E-state index in [1.54, 1.807) is 24.3 Å². The van der Waals surface area contributed by atoms with Gasteiger partial charge in [0.2, 0.25) is 5.91 Å². The minimum absolute atomic E-state index is 0.111. The fourth-order valence-corrected chi connectivity index (χ4v) is 2.44. The summed E-state index contributed by atoms with van der Waals surface area (Å²) in [5.41, 5.74) is 0.720. The molecule has 0 aliphatic rings. The average molecular weight is 315 g/mol. The summed E-state index contributed by atoms with van der Waals surface area (Å²) in [4.78, 5) is 11.9. The molecule has 0 unspecified atom stereocenters. The van der Waals surface area contributed by atoms with Gasteiger partial charge in [-0.2, -0.15) is 0 Å². The van der Waals surface area contributed by atoms with Crippen molar-refractivity contribution in [2.75, 3.05) is 5.32 Å². The number of carbonyl (C=O) groups excluding carboxylic acids is 1. The Labute approximate surface area is 130 Å². The second kappa shape index (κ2) is 6.40. The molecule has 22 heavy (non-hydrogen) atoms. The lowest BCUT2D eigenvalue weighted by Crippen LogP contribution is -2.05. The van der Waals surface area contributed by atoms with Crippen molar-refractivity contribution in [1.29, 1.82) is 0 Å². The van der Waals surface area contributed by atoms with Crippen molar-refractivity contribution < 1.29 is 13.9 Å². The van der Waals surface area contributed by atoms with E-state index in [4.69, 9.17) is 9.15 Å². The Morgan fingerprint density at radius 2 is 2.09 bits per heavy atom. The third kappa shape index (κ3) is 3.50. The highest BCUT2D eigenvalue weighted by molar-refractivity contribution is 7.13. The van der Waals surface area contributed by atoms with Gasteiger partial charge in [0.1, 0.15) is 5.75 Å². The Morgan fingerprint density at radius 1 is 1.27 bits per heavy atom. The smallest absolute Gasteiger partial charge is 0.257 e. The lowest BCUT2D eigenvalue weighted by Gasteiger charge is -2.05. The lowest BCUT2D eigenvalue weighted by molar-refractivity contribution is -0.114. The van der Waals surface area contributed by atoms with Crippen LogP contribution < -0.4 is 10.1 Å². The van der Waals surface area contributed by atoms with Crippen LogP contribution in [-0.4, -0.2) is 16.1 Å². The number of anilines is 1. The van der Waals surface area contributed by atoms with Gasteiger partial charge in [-0.1, -0.05) is 6.07 Å². The molecule has 1 aromatic carbocycles. The zero-order chi connectivity index (χ0) is 15.4. The Hall–Kier alpha value is -2.67. The van der Waals surface area contributed by atoms with Crippen LogP contribution in [0.25, 0.3) is 10.8 Å². The van der Waals surface area contributed by atoms with E-state index in [0.717, 1.165) is 10.6 Å². The minimum Gasteiger partial charge on any atom is -0.484 e. The molecule has 0 fully saturated rings. The molecule has 112 valence electrons. The number of rotatable bonds is 5. The molecule has 1 amide bonds. The Bertz CT molecular complexity index is 751. The largest absolute Gasteiger partial charge is 0.484 e. The van der Waals surface area contributed by atoms with Gasteiger partial charge >= 0.3 is 0 Å². The SMILES string of the molecule is CC(=O)Nc1ccc(OCc2nnc(-c3cccs3)o2)cc1. The minimum atomic E-state index is -0.111. The van der Waals surface area contributed by atoms with Crippen LogP contribution in [0.1, 0.15) is 12.8 Å². The number of nitrogens with one attached hydrogen (secondary N) is 1. The fourth-order valence-electron chi connectivity index (χ4n) is 1.79. The number of carbonyl (C=O) groups is 1. The molecule has 0 saturated heterocycles. The van der Waals surface area contributed by atoms with Crippen LogP contribution in [0.5, 0.6) is 5.75 Å². The predicted molar refractivity (Wildman–Crippen MR) is 82.7 cm³/mol. The van der Waals surface area contributed by atoms with Crippen LogP contribution in [0.4, 0.5) is 5.69 Å². The van der Waals surface area contributed by atoms with Crippen molar-refractivity contribution >= 4 is 22.9 Å². The van der Waals surface area contributed by atoms with Crippen LogP contribution in [0.15, 0.2) is 46.2 Å². The quantitative estimate of drug-likeness (QED) is 0.781. The number of ether oxygens (including phenoxy) is 1. The summed E-state index contributed by atoms with van der Waals surface area (Å²) < 4.78 is 11.1. The standard InChI is InChI=1S/C15H13N3O3S/c1-10(19)16-11-4-6-12(7-5-11)20-9-14-17-18-15(21-14)13-3-2-8-22-13/h2-8H,9H2,1H3,(H,16,19). The van der Waals surface area contributed by atoms with Crippen LogP contribution in [0.3, 0.4) is 0 Å². The molecule has 3 aromatic rings. The number of benzene rings is 1. The summed E-state index contributed by atoms with van der Waals surface area (Å²) in [5, 5.41) is 12.6. The third-order valence-electron chi connectivity index (χ3n) is 2.74. The number of nitrogens with zero attached hydrogens (tertiary/aromatic N) is 2. The number of amides is 1. The molecular formula is C15H13N3O3S. The maximum absolute atomic E-state index is 10.9. The fraction of sp³-hybridized carbons (Fsp3) is 0.133. The van der Waals surface area contributed by atoms with Crippen LogP contribution in [0, 0.1) is 0 Å². The molecule has 7 heteroatoms. The molecule has 6 nitrogen and oxygen atoms in total. The van der Waals surface area contributed by atoms with Gasteiger partial charge < -0.3 is 14.5 Å². The lowest BCUT2D eigenvalue weighted by atomic mass is 10.3. The first-order chi connectivity index (χ1) is 10.7. The summed E-state index contributed by atoms with van der Waals surface area (Å²) in [7, 11) is 0. The molecule has 2 heterocycles. The number of hydrogen-bond donors (Lipinski definition) is 1. The van der Waals surface area contributed by atoms with Gasteiger partial charge in [-0.25, -0.2) is 0 Å². The summed E-state index contributed by atoms with van der Waals surface area (Å²) in [6, 6.07) is 10.9. The monoisotopic (exact) mass is 315 g/mol. The molecule has 0 radical (unpaired) electrons. The molecule has 0 atom stereocenters. The van der Waals surface area contributed by atoms with E-state index in [-0.39, 0.29) is 12.5 Å². The molecule has 0 spiro atoms. The van der Waals surface area contributed by atoms with E-state index in [1.165, 1.54) is 18.3 Å². The number of aromatic nitrogens is 2. The number of hydrogen-bond acceptors (Lipinski definition) is 6. The van der Waals surface area contributed by atoms with Gasteiger partial charge in [0.25, 0.3) is 11.8 Å². The number of thiophene rings is 1. The summed E-state index contributed by atoms with van der Waals surface area (Å²) in [5.74, 6) is 1.45. The van der Waals surface area contributed by atoms with Gasteiger partial charge in [0.15, 0.2) is 6.61 Å². The van der Waals surface area contributed by atoms with Gasteiger partial charge in [-0.05, 0) is 35.7 Å². The first-order valence-corrected chi connectivity index (χ1v) is 7.45. The van der Waals surface area contributed by atoms with E-state index in [1.807, 2.05) is 17.5 Å². The van der Waals surface area contributed by atoms with E-state index in [9.17, 15) is 4.79 Å². The van der Waals surface area contributed by atoms with E-state index in [2.05, 4.69) is 15.5 Å². The molecule has 0 saturated carbocycles. The van der Waals surface area contributed by atoms with Gasteiger partial charge in [0.05, 0.1) is 4.88 Å². The third-order valence-corrected chi connectivity index (χ3v) is 3.59. The molecule has 2 aromatic heterocycles. The van der Waals surface area contributed by atoms with Crippen molar-refractivity contribution in [2.24, 2.45) is 0 Å². The van der Waals surface area contributed by atoms with E-state index in [0.29, 0.717) is 17.5 Å². The summed E-state index contributed by atoms with van der Waals surface area (Å²) in [6.45, 7) is 1.66. The zero-order valence-electron chi connectivity index (χ0n) is 11.8. The second-order valence-electron chi connectivity index (χ2n) is 4.47. The maximum atomic E-state index is 10.9. The summed E-state index contributed by atoms with van der Waals surface area (Å²) in [6.07, 6.45) is 0.